The maximum absolute atomic E-state index is 5.81. The molecule has 2 atom stereocenters. The number of hydrogen-bond acceptors (Lipinski definition) is 4. The molecule has 0 aliphatic carbocycles. The van der Waals surface area contributed by atoms with E-state index in [0.29, 0.717) is 18.8 Å². The minimum atomic E-state index is 0.318. The molecule has 7 heteroatoms. The second kappa shape index (κ2) is 10.6. The molecule has 0 spiro atoms. The van der Waals surface area contributed by atoms with E-state index in [0.717, 1.165) is 55.6 Å². The third kappa shape index (κ3) is 6.06. The van der Waals surface area contributed by atoms with Crippen molar-refractivity contribution in [1.29, 1.82) is 0 Å². The van der Waals surface area contributed by atoms with Gasteiger partial charge in [-0.15, -0.1) is 0 Å². The van der Waals surface area contributed by atoms with Gasteiger partial charge in [0.15, 0.2) is 5.96 Å². The summed E-state index contributed by atoms with van der Waals surface area (Å²) in [7, 11) is 1.81. The summed E-state index contributed by atoms with van der Waals surface area (Å²) in [6, 6.07) is 10.5. The minimum Gasteiger partial charge on any atom is -0.373 e. The summed E-state index contributed by atoms with van der Waals surface area (Å²) < 4.78 is 7.82. The Bertz CT molecular complexity index is 836. The number of aromatic nitrogens is 2. The van der Waals surface area contributed by atoms with Crippen LogP contribution < -0.4 is 10.6 Å². The topological polar surface area (TPSA) is 66.7 Å². The van der Waals surface area contributed by atoms with E-state index in [9.17, 15) is 0 Å². The zero-order valence-corrected chi connectivity index (χ0v) is 19.0. The van der Waals surface area contributed by atoms with Gasteiger partial charge in [-0.1, -0.05) is 18.2 Å². The summed E-state index contributed by atoms with van der Waals surface area (Å²) >= 11 is 0. The molecular weight excluding hydrogens is 376 g/mol. The molecule has 30 heavy (non-hydrogen) atoms. The van der Waals surface area contributed by atoms with Crippen LogP contribution in [0.4, 0.5) is 0 Å². The summed E-state index contributed by atoms with van der Waals surface area (Å²) in [4.78, 5) is 6.86. The SMILES string of the molecule is CN=C(NCCCN1CC(C)OC(C)C1)NCc1ccccc1-n1nc(C)cc1C. The lowest BCUT2D eigenvalue weighted by Crippen LogP contribution is -2.46. The molecule has 2 N–H and O–H groups in total. The summed E-state index contributed by atoms with van der Waals surface area (Å²) in [5, 5.41) is 11.5. The molecule has 1 saturated heterocycles. The van der Waals surface area contributed by atoms with Crippen LogP contribution in [0.3, 0.4) is 0 Å². The number of aliphatic imine (C=N–C) groups is 1. The molecule has 3 rings (SSSR count). The van der Waals surface area contributed by atoms with Gasteiger partial charge in [0.2, 0.25) is 0 Å². The largest absolute Gasteiger partial charge is 0.373 e. The number of morpholine rings is 1. The molecule has 1 aromatic heterocycles. The Balaban J connectivity index is 1.49. The van der Waals surface area contributed by atoms with Crippen molar-refractivity contribution in [2.24, 2.45) is 4.99 Å². The lowest BCUT2D eigenvalue weighted by molar-refractivity contribution is -0.0679. The van der Waals surface area contributed by atoms with E-state index in [4.69, 9.17) is 4.74 Å². The van der Waals surface area contributed by atoms with E-state index < -0.39 is 0 Å². The fraction of sp³-hybridized carbons (Fsp3) is 0.565. The van der Waals surface area contributed by atoms with Gasteiger partial charge in [0.05, 0.1) is 23.6 Å². The second-order valence-electron chi connectivity index (χ2n) is 8.19. The van der Waals surface area contributed by atoms with Crippen LogP contribution in [0.15, 0.2) is 35.3 Å². The third-order valence-corrected chi connectivity index (χ3v) is 5.34. The van der Waals surface area contributed by atoms with E-state index in [1.165, 1.54) is 5.56 Å². The number of aryl methyl sites for hydroxylation is 2. The lowest BCUT2D eigenvalue weighted by atomic mass is 10.1. The van der Waals surface area contributed by atoms with Crippen LogP contribution in [0.2, 0.25) is 0 Å². The van der Waals surface area contributed by atoms with Crippen LogP contribution in [0.1, 0.15) is 37.2 Å². The molecule has 164 valence electrons. The van der Waals surface area contributed by atoms with Gasteiger partial charge in [-0.2, -0.15) is 5.10 Å². The summed E-state index contributed by atoms with van der Waals surface area (Å²) in [6.45, 7) is 13.1. The van der Waals surface area contributed by atoms with E-state index in [-0.39, 0.29) is 0 Å². The number of para-hydroxylation sites is 1. The zero-order valence-electron chi connectivity index (χ0n) is 19.0. The monoisotopic (exact) mass is 412 g/mol. The van der Waals surface area contributed by atoms with Crippen LogP contribution in [-0.4, -0.2) is 66.1 Å². The first kappa shape index (κ1) is 22.3. The molecule has 1 aliphatic heterocycles. The van der Waals surface area contributed by atoms with Crippen LogP contribution in [0, 0.1) is 13.8 Å². The summed E-state index contributed by atoms with van der Waals surface area (Å²) in [6.07, 6.45) is 1.71. The molecule has 1 aromatic carbocycles. The quantitative estimate of drug-likeness (QED) is 0.416. The van der Waals surface area contributed by atoms with Crippen molar-refractivity contribution in [3.8, 4) is 5.69 Å². The number of nitrogens with one attached hydrogen (secondary N) is 2. The van der Waals surface area contributed by atoms with Crippen LogP contribution >= 0.6 is 0 Å². The number of nitrogens with zero attached hydrogens (tertiary/aromatic N) is 4. The molecule has 2 unspecified atom stereocenters. The molecule has 7 nitrogen and oxygen atoms in total. The molecule has 2 heterocycles. The second-order valence-corrected chi connectivity index (χ2v) is 8.19. The van der Waals surface area contributed by atoms with Gasteiger partial charge in [-0.25, -0.2) is 4.68 Å². The Morgan fingerprint density at radius 3 is 2.57 bits per heavy atom. The maximum Gasteiger partial charge on any atom is 0.191 e. The first-order valence-electron chi connectivity index (χ1n) is 10.9. The van der Waals surface area contributed by atoms with Gasteiger partial charge in [0.1, 0.15) is 0 Å². The highest BCUT2D eigenvalue weighted by molar-refractivity contribution is 5.79. The number of hydrogen-bond donors (Lipinski definition) is 2. The zero-order chi connectivity index (χ0) is 21.5. The van der Waals surface area contributed by atoms with Crippen molar-refractivity contribution >= 4 is 5.96 Å². The smallest absolute Gasteiger partial charge is 0.191 e. The number of guanidine groups is 1. The molecule has 0 radical (unpaired) electrons. The van der Waals surface area contributed by atoms with Crippen molar-refractivity contribution in [3.05, 3.63) is 47.3 Å². The van der Waals surface area contributed by atoms with E-state index in [2.05, 4.69) is 76.7 Å². The van der Waals surface area contributed by atoms with Crippen LogP contribution in [0.5, 0.6) is 0 Å². The molecule has 0 saturated carbocycles. The van der Waals surface area contributed by atoms with Gasteiger partial charge >= 0.3 is 0 Å². The Hall–Kier alpha value is -2.38. The van der Waals surface area contributed by atoms with Gasteiger partial charge in [0, 0.05) is 45.5 Å². The fourth-order valence-corrected chi connectivity index (χ4v) is 4.12. The molecule has 0 amide bonds. The van der Waals surface area contributed by atoms with E-state index >= 15 is 0 Å². The Morgan fingerprint density at radius 1 is 1.17 bits per heavy atom. The van der Waals surface area contributed by atoms with Crippen LogP contribution in [0.25, 0.3) is 5.69 Å². The lowest BCUT2D eigenvalue weighted by Gasteiger charge is -2.35. The van der Waals surface area contributed by atoms with Gasteiger partial charge < -0.3 is 15.4 Å². The standard InChI is InChI=1S/C23H36N6O/c1-17-13-18(2)29(27-17)22-10-7-6-9-21(22)14-26-23(24-5)25-11-8-12-28-15-19(3)30-20(4)16-28/h6-7,9-10,13,19-20H,8,11-12,14-16H2,1-5H3,(H2,24,25,26). The average molecular weight is 413 g/mol. The van der Waals surface area contributed by atoms with Gasteiger partial charge in [-0.3, -0.25) is 9.89 Å². The van der Waals surface area contributed by atoms with Crippen molar-refractivity contribution in [2.75, 3.05) is 33.2 Å². The van der Waals surface area contributed by atoms with Crippen LogP contribution in [-0.2, 0) is 11.3 Å². The molecule has 0 bridgehead atoms. The predicted molar refractivity (Wildman–Crippen MR) is 122 cm³/mol. The summed E-state index contributed by atoms with van der Waals surface area (Å²) in [5.41, 5.74) is 4.44. The number of ether oxygens (including phenoxy) is 1. The van der Waals surface area contributed by atoms with E-state index in [1.807, 2.05) is 18.7 Å². The average Bonchev–Trinajstić information content (AvgIpc) is 3.05. The number of rotatable bonds is 7. The first-order valence-corrected chi connectivity index (χ1v) is 10.9. The summed E-state index contributed by atoms with van der Waals surface area (Å²) in [5.74, 6) is 0.821. The first-order chi connectivity index (χ1) is 14.5. The molecule has 2 aromatic rings. The normalized spacial score (nSPS) is 20.4. The number of benzene rings is 1. The van der Waals surface area contributed by atoms with E-state index in [1.54, 1.807) is 0 Å². The van der Waals surface area contributed by atoms with Gasteiger partial charge in [-0.05, 0) is 51.8 Å². The maximum atomic E-state index is 5.81. The highest BCUT2D eigenvalue weighted by atomic mass is 16.5. The van der Waals surface area contributed by atoms with Crippen molar-refractivity contribution in [3.63, 3.8) is 0 Å². The van der Waals surface area contributed by atoms with Gasteiger partial charge in [0.25, 0.3) is 0 Å². The highest BCUT2D eigenvalue weighted by Gasteiger charge is 2.21. The third-order valence-electron chi connectivity index (χ3n) is 5.34. The Kier molecular flexibility index (Phi) is 7.87. The van der Waals surface area contributed by atoms with Crippen molar-refractivity contribution < 1.29 is 4.74 Å². The fourth-order valence-electron chi connectivity index (χ4n) is 4.12. The molecular formula is C23H36N6O. The van der Waals surface area contributed by atoms with Crippen molar-refractivity contribution in [1.82, 2.24) is 25.3 Å². The highest BCUT2D eigenvalue weighted by Crippen LogP contribution is 2.17. The molecule has 1 fully saturated rings. The van der Waals surface area contributed by atoms with Crippen molar-refractivity contribution in [2.45, 2.75) is 52.9 Å². The Labute approximate surface area is 180 Å². The minimum absolute atomic E-state index is 0.318. The molecule has 1 aliphatic rings. The Morgan fingerprint density at radius 2 is 1.90 bits per heavy atom. The predicted octanol–water partition coefficient (Wildman–Crippen LogP) is 2.65.